The van der Waals surface area contributed by atoms with Crippen molar-refractivity contribution in [1.29, 1.82) is 0 Å². The Bertz CT molecular complexity index is 449. The minimum atomic E-state index is 0.0967. The van der Waals surface area contributed by atoms with E-state index >= 15 is 0 Å². The van der Waals surface area contributed by atoms with Crippen LogP contribution in [0.4, 0.5) is 0 Å². The maximum Gasteiger partial charge on any atom is 0.223 e. The van der Waals surface area contributed by atoms with Crippen molar-refractivity contribution in [2.45, 2.75) is 71.6 Å². The van der Waals surface area contributed by atoms with Gasteiger partial charge in [-0.15, -0.1) is 0 Å². The van der Waals surface area contributed by atoms with E-state index in [1.807, 2.05) is 0 Å². The van der Waals surface area contributed by atoms with Gasteiger partial charge < -0.3 is 10.6 Å². The van der Waals surface area contributed by atoms with Gasteiger partial charge in [-0.3, -0.25) is 9.59 Å². The molecule has 0 aromatic carbocycles. The van der Waals surface area contributed by atoms with Crippen molar-refractivity contribution in [3.63, 3.8) is 0 Å². The Hall–Kier alpha value is -1.32. The minimum absolute atomic E-state index is 0.0967. The third-order valence-corrected chi connectivity index (χ3v) is 5.28. The highest BCUT2D eigenvalue weighted by Crippen LogP contribution is 2.29. The Labute approximate surface area is 146 Å². The SMILES string of the molecule is CC(C)CNC(=O)C1CCC(C(=O)NCCC2=CCCCC2)CC1. The highest BCUT2D eigenvalue weighted by Gasteiger charge is 2.29. The molecule has 2 aliphatic carbocycles. The summed E-state index contributed by atoms with van der Waals surface area (Å²) in [6.45, 7) is 5.71. The summed E-state index contributed by atoms with van der Waals surface area (Å²) in [5.74, 6) is 1.04. The van der Waals surface area contributed by atoms with Gasteiger partial charge in [-0.05, 0) is 63.7 Å². The summed E-state index contributed by atoms with van der Waals surface area (Å²) in [4.78, 5) is 24.4. The van der Waals surface area contributed by atoms with Gasteiger partial charge in [0.15, 0.2) is 0 Å². The fraction of sp³-hybridized carbons (Fsp3) is 0.800. The molecule has 0 aliphatic heterocycles. The van der Waals surface area contributed by atoms with Gasteiger partial charge in [0.1, 0.15) is 0 Å². The average molecular weight is 335 g/mol. The molecule has 0 bridgehead atoms. The van der Waals surface area contributed by atoms with Crippen molar-refractivity contribution in [2.75, 3.05) is 13.1 Å². The smallest absolute Gasteiger partial charge is 0.223 e. The van der Waals surface area contributed by atoms with Gasteiger partial charge in [0.25, 0.3) is 0 Å². The van der Waals surface area contributed by atoms with Crippen LogP contribution in [-0.4, -0.2) is 24.9 Å². The predicted octanol–water partition coefficient (Wildman–Crippen LogP) is 3.57. The van der Waals surface area contributed by atoms with Crippen molar-refractivity contribution >= 4 is 11.8 Å². The molecule has 2 amide bonds. The van der Waals surface area contributed by atoms with Crippen LogP contribution in [0.15, 0.2) is 11.6 Å². The first-order valence-electron chi connectivity index (χ1n) is 9.79. The summed E-state index contributed by atoms with van der Waals surface area (Å²) >= 11 is 0. The van der Waals surface area contributed by atoms with Crippen LogP contribution in [0.2, 0.25) is 0 Å². The zero-order valence-electron chi connectivity index (χ0n) is 15.4. The monoisotopic (exact) mass is 334 g/mol. The second kappa shape index (κ2) is 9.85. The largest absolute Gasteiger partial charge is 0.356 e. The van der Waals surface area contributed by atoms with Gasteiger partial charge in [0, 0.05) is 24.9 Å². The molecule has 4 heteroatoms. The molecule has 0 aromatic rings. The van der Waals surface area contributed by atoms with Crippen LogP contribution in [0, 0.1) is 17.8 Å². The molecule has 0 unspecified atom stereocenters. The van der Waals surface area contributed by atoms with E-state index in [4.69, 9.17) is 0 Å². The third kappa shape index (κ3) is 6.29. The summed E-state index contributed by atoms with van der Waals surface area (Å²) in [6, 6.07) is 0. The van der Waals surface area contributed by atoms with Crippen LogP contribution in [0.25, 0.3) is 0 Å². The number of amides is 2. The number of carbonyl (C=O) groups is 2. The van der Waals surface area contributed by atoms with Crippen molar-refractivity contribution < 1.29 is 9.59 Å². The molecule has 2 rings (SSSR count). The number of carbonyl (C=O) groups excluding carboxylic acids is 2. The van der Waals surface area contributed by atoms with Crippen LogP contribution in [0.1, 0.15) is 71.6 Å². The van der Waals surface area contributed by atoms with Crippen molar-refractivity contribution in [3.8, 4) is 0 Å². The Kier molecular flexibility index (Phi) is 7.80. The van der Waals surface area contributed by atoms with Gasteiger partial charge >= 0.3 is 0 Å². The summed E-state index contributed by atoms with van der Waals surface area (Å²) < 4.78 is 0. The molecule has 0 radical (unpaired) electrons. The number of hydrogen-bond acceptors (Lipinski definition) is 2. The maximum absolute atomic E-state index is 12.3. The molecule has 1 saturated carbocycles. The molecular formula is C20H34N2O2. The lowest BCUT2D eigenvalue weighted by Gasteiger charge is -2.27. The number of hydrogen-bond donors (Lipinski definition) is 2. The second-order valence-electron chi connectivity index (χ2n) is 7.84. The molecular weight excluding hydrogens is 300 g/mol. The van der Waals surface area contributed by atoms with Crippen LogP contribution >= 0.6 is 0 Å². The summed E-state index contributed by atoms with van der Waals surface area (Å²) in [5, 5.41) is 6.12. The molecule has 1 fully saturated rings. The van der Waals surface area contributed by atoms with Crippen molar-refractivity contribution in [3.05, 3.63) is 11.6 Å². The molecule has 0 spiro atoms. The molecule has 0 aromatic heterocycles. The number of nitrogens with one attached hydrogen (secondary N) is 2. The summed E-state index contributed by atoms with van der Waals surface area (Å²) in [5.41, 5.74) is 1.51. The van der Waals surface area contributed by atoms with E-state index in [1.54, 1.807) is 0 Å². The number of allylic oxidation sites excluding steroid dienone is 1. The predicted molar refractivity (Wildman–Crippen MR) is 97.5 cm³/mol. The first kappa shape index (κ1) is 19.0. The average Bonchev–Trinajstić information content (AvgIpc) is 2.60. The molecule has 24 heavy (non-hydrogen) atoms. The quantitative estimate of drug-likeness (QED) is 0.699. The van der Waals surface area contributed by atoms with Crippen LogP contribution < -0.4 is 10.6 Å². The van der Waals surface area contributed by atoms with Gasteiger partial charge in [0.2, 0.25) is 11.8 Å². The summed E-state index contributed by atoms with van der Waals surface area (Å²) in [6.07, 6.45) is 11.7. The first-order valence-corrected chi connectivity index (χ1v) is 9.79. The van der Waals surface area contributed by atoms with Crippen molar-refractivity contribution in [1.82, 2.24) is 10.6 Å². The van der Waals surface area contributed by atoms with E-state index in [9.17, 15) is 9.59 Å². The van der Waals surface area contributed by atoms with E-state index < -0.39 is 0 Å². The Morgan fingerprint density at radius 2 is 1.67 bits per heavy atom. The topological polar surface area (TPSA) is 58.2 Å². The third-order valence-electron chi connectivity index (χ3n) is 5.28. The molecule has 136 valence electrons. The fourth-order valence-corrected chi connectivity index (χ4v) is 3.69. The molecule has 0 saturated heterocycles. The summed E-state index contributed by atoms with van der Waals surface area (Å²) in [7, 11) is 0. The second-order valence-corrected chi connectivity index (χ2v) is 7.84. The normalized spacial score (nSPS) is 24.4. The molecule has 4 nitrogen and oxygen atoms in total. The minimum Gasteiger partial charge on any atom is -0.356 e. The van der Waals surface area contributed by atoms with Gasteiger partial charge in [-0.1, -0.05) is 25.5 Å². The van der Waals surface area contributed by atoms with E-state index in [0.717, 1.165) is 45.2 Å². The van der Waals surface area contributed by atoms with E-state index in [0.29, 0.717) is 5.92 Å². The maximum atomic E-state index is 12.3. The van der Waals surface area contributed by atoms with E-state index in [1.165, 1.54) is 31.3 Å². The van der Waals surface area contributed by atoms with E-state index in [-0.39, 0.29) is 23.7 Å². The van der Waals surface area contributed by atoms with Crippen LogP contribution in [-0.2, 0) is 9.59 Å². The van der Waals surface area contributed by atoms with Gasteiger partial charge in [-0.2, -0.15) is 0 Å². The molecule has 0 atom stereocenters. The van der Waals surface area contributed by atoms with Crippen LogP contribution in [0.5, 0.6) is 0 Å². The number of rotatable bonds is 7. The fourth-order valence-electron chi connectivity index (χ4n) is 3.69. The molecule has 2 aliphatic rings. The first-order chi connectivity index (χ1) is 11.6. The van der Waals surface area contributed by atoms with Gasteiger partial charge in [-0.25, -0.2) is 0 Å². The molecule has 0 heterocycles. The highest BCUT2D eigenvalue weighted by atomic mass is 16.2. The van der Waals surface area contributed by atoms with Gasteiger partial charge in [0.05, 0.1) is 0 Å². The van der Waals surface area contributed by atoms with Crippen molar-refractivity contribution in [2.24, 2.45) is 17.8 Å². The molecule has 2 N–H and O–H groups in total. The van der Waals surface area contributed by atoms with E-state index in [2.05, 4.69) is 30.6 Å². The van der Waals surface area contributed by atoms with Crippen LogP contribution in [0.3, 0.4) is 0 Å². The standard InChI is InChI=1S/C20H34N2O2/c1-15(2)14-22-20(24)18-10-8-17(9-11-18)19(23)21-13-12-16-6-4-3-5-7-16/h6,15,17-18H,3-5,7-14H2,1-2H3,(H,21,23)(H,22,24). The lowest BCUT2D eigenvalue weighted by atomic mass is 9.81. The zero-order chi connectivity index (χ0) is 17.4. The Morgan fingerprint density at radius 3 is 2.21 bits per heavy atom. The lowest BCUT2D eigenvalue weighted by Crippen LogP contribution is -2.38. The Morgan fingerprint density at radius 1 is 1.04 bits per heavy atom. The Balaban J connectivity index is 1.63. The highest BCUT2D eigenvalue weighted by molar-refractivity contribution is 5.81. The lowest BCUT2D eigenvalue weighted by molar-refractivity contribution is -0.130. The zero-order valence-corrected chi connectivity index (χ0v) is 15.4.